The van der Waals surface area contributed by atoms with E-state index in [-0.39, 0.29) is 16.5 Å². The van der Waals surface area contributed by atoms with E-state index in [1.54, 1.807) is 0 Å². The van der Waals surface area contributed by atoms with E-state index in [0.717, 1.165) is 0 Å². The number of hydrogen-bond acceptors (Lipinski definition) is 2. The van der Waals surface area contributed by atoms with Crippen LogP contribution in [0.5, 0.6) is 5.75 Å². The van der Waals surface area contributed by atoms with Gasteiger partial charge in [0.05, 0.1) is 10.7 Å². The predicted octanol–water partition coefficient (Wildman–Crippen LogP) is 2.90. The van der Waals surface area contributed by atoms with Gasteiger partial charge in [-0.15, -0.1) is 0 Å². The van der Waals surface area contributed by atoms with Crippen LogP contribution in [-0.2, 0) is 4.79 Å². The number of carbonyl (C=O) groups is 1. The minimum Gasteiger partial charge on any atom is -0.431 e. The fourth-order valence-corrected chi connectivity index (χ4v) is 1.22. The molecule has 0 bridgehead atoms. The van der Waals surface area contributed by atoms with Gasteiger partial charge in [0.1, 0.15) is 0 Å². The Morgan fingerprint density at radius 2 is 2.20 bits per heavy atom. The Morgan fingerprint density at radius 1 is 1.53 bits per heavy atom. The summed E-state index contributed by atoms with van der Waals surface area (Å²) in [6, 6.07) is 4.33. The molecule has 1 N–H and O–H groups in total. The smallest absolute Gasteiger partial charge is 0.387 e. The number of ether oxygens (including phenoxy) is 1. The monoisotopic (exact) mass is 235 g/mol. The van der Waals surface area contributed by atoms with E-state index in [2.05, 4.69) is 10.1 Å². The SMILES string of the molecule is CC(=O)Nc1cccc(Cl)c1OC(F)F. The highest BCUT2D eigenvalue weighted by Gasteiger charge is 2.13. The minimum atomic E-state index is -2.99. The van der Waals surface area contributed by atoms with Crippen LogP contribution in [0, 0.1) is 0 Å². The zero-order chi connectivity index (χ0) is 11.4. The lowest BCUT2D eigenvalue weighted by Crippen LogP contribution is -2.10. The summed E-state index contributed by atoms with van der Waals surface area (Å²) in [4.78, 5) is 10.8. The average Bonchev–Trinajstić information content (AvgIpc) is 2.09. The van der Waals surface area contributed by atoms with Crippen LogP contribution in [-0.4, -0.2) is 12.5 Å². The highest BCUT2D eigenvalue weighted by atomic mass is 35.5. The van der Waals surface area contributed by atoms with Crippen LogP contribution in [0.2, 0.25) is 5.02 Å². The van der Waals surface area contributed by atoms with Gasteiger partial charge < -0.3 is 10.1 Å². The van der Waals surface area contributed by atoms with Crippen molar-refractivity contribution in [2.45, 2.75) is 13.5 Å². The van der Waals surface area contributed by atoms with Gasteiger partial charge in [-0.2, -0.15) is 8.78 Å². The molecule has 1 rings (SSSR count). The van der Waals surface area contributed by atoms with E-state index in [0.29, 0.717) is 0 Å². The van der Waals surface area contributed by atoms with Gasteiger partial charge in [-0.05, 0) is 12.1 Å². The first kappa shape index (κ1) is 11.7. The number of carbonyl (C=O) groups excluding carboxylic acids is 1. The maximum Gasteiger partial charge on any atom is 0.387 e. The van der Waals surface area contributed by atoms with Gasteiger partial charge in [-0.25, -0.2) is 0 Å². The number of amides is 1. The third kappa shape index (κ3) is 3.36. The molecule has 0 heterocycles. The molecule has 0 spiro atoms. The number of para-hydroxylation sites is 1. The van der Waals surface area contributed by atoms with E-state index >= 15 is 0 Å². The zero-order valence-corrected chi connectivity index (χ0v) is 8.52. The molecule has 1 aromatic rings. The van der Waals surface area contributed by atoms with Crippen molar-refractivity contribution in [3.63, 3.8) is 0 Å². The first-order valence-electron chi connectivity index (χ1n) is 4.01. The molecule has 3 nitrogen and oxygen atoms in total. The molecule has 0 unspecified atom stereocenters. The molecule has 6 heteroatoms. The van der Waals surface area contributed by atoms with Crippen LogP contribution < -0.4 is 10.1 Å². The maximum atomic E-state index is 12.0. The Hall–Kier alpha value is -1.36. The molecular weight excluding hydrogens is 228 g/mol. The topological polar surface area (TPSA) is 38.3 Å². The first-order chi connectivity index (χ1) is 7.00. The maximum absolute atomic E-state index is 12.0. The number of halogens is 3. The van der Waals surface area contributed by atoms with Gasteiger partial charge >= 0.3 is 6.61 Å². The van der Waals surface area contributed by atoms with E-state index < -0.39 is 12.5 Å². The molecule has 0 aliphatic heterocycles. The molecule has 0 atom stereocenters. The van der Waals surface area contributed by atoms with Crippen LogP contribution >= 0.6 is 11.6 Å². The van der Waals surface area contributed by atoms with E-state index in [4.69, 9.17) is 11.6 Å². The first-order valence-corrected chi connectivity index (χ1v) is 4.39. The second-order valence-corrected chi connectivity index (χ2v) is 3.08. The van der Waals surface area contributed by atoms with Crippen LogP contribution in [0.1, 0.15) is 6.92 Å². The zero-order valence-electron chi connectivity index (χ0n) is 7.76. The van der Waals surface area contributed by atoms with Gasteiger partial charge in [-0.3, -0.25) is 4.79 Å². The third-order valence-corrected chi connectivity index (χ3v) is 1.78. The lowest BCUT2D eigenvalue weighted by Gasteiger charge is -2.11. The number of benzene rings is 1. The fourth-order valence-electron chi connectivity index (χ4n) is 1.01. The number of nitrogens with one attached hydrogen (secondary N) is 1. The molecule has 0 saturated heterocycles. The van der Waals surface area contributed by atoms with Gasteiger partial charge in [0.2, 0.25) is 5.91 Å². The lowest BCUT2D eigenvalue weighted by molar-refractivity contribution is -0.114. The molecule has 0 aliphatic rings. The molecule has 82 valence electrons. The summed E-state index contributed by atoms with van der Waals surface area (Å²) in [6.07, 6.45) is 0. The summed E-state index contributed by atoms with van der Waals surface area (Å²) in [7, 11) is 0. The molecule has 0 aliphatic carbocycles. The Bertz CT molecular complexity index is 371. The highest BCUT2D eigenvalue weighted by molar-refractivity contribution is 6.32. The third-order valence-electron chi connectivity index (χ3n) is 1.48. The van der Waals surface area contributed by atoms with Crippen molar-refractivity contribution in [3.05, 3.63) is 23.2 Å². The summed E-state index contributed by atoms with van der Waals surface area (Å²) in [6.45, 7) is -1.73. The number of rotatable bonds is 3. The highest BCUT2D eigenvalue weighted by Crippen LogP contribution is 2.33. The van der Waals surface area contributed by atoms with Crippen molar-refractivity contribution in [3.8, 4) is 5.75 Å². The Morgan fingerprint density at radius 3 is 2.73 bits per heavy atom. The number of anilines is 1. The van der Waals surface area contributed by atoms with Crippen molar-refractivity contribution >= 4 is 23.2 Å². The standard InChI is InChI=1S/C9H8ClF2NO2/c1-5(14)13-7-4-2-3-6(10)8(7)15-9(11)12/h2-4,9H,1H3,(H,13,14). The van der Waals surface area contributed by atoms with E-state index in [1.807, 2.05) is 0 Å². The molecule has 1 aromatic carbocycles. The Kier molecular flexibility index (Phi) is 3.85. The largest absolute Gasteiger partial charge is 0.431 e. The average molecular weight is 236 g/mol. The molecular formula is C9H8ClF2NO2. The van der Waals surface area contributed by atoms with Crippen LogP contribution in [0.25, 0.3) is 0 Å². The number of hydrogen-bond donors (Lipinski definition) is 1. The van der Waals surface area contributed by atoms with Crippen molar-refractivity contribution in [1.29, 1.82) is 0 Å². The Labute approximate surface area is 90.0 Å². The van der Waals surface area contributed by atoms with Crippen LogP contribution in [0.4, 0.5) is 14.5 Å². The lowest BCUT2D eigenvalue weighted by atomic mass is 10.3. The molecule has 0 aromatic heterocycles. The van der Waals surface area contributed by atoms with Crippen LogP contribution in [0.3, 0.4) is 0 Å². The summed E-state index contributed by atoms with van der Waals surface area (Å²) >= 11 is 5.65. The number of alkyl halides is 2. The van der Waals surface area contributed by atoms with Crippen molar-refractivity contribution in [1.82, 2.24) is 0 Å². The van der Waals surface area contributed by atoms with Gasteiger partial charge in [0.25, 0.3) is 0 Å². The summed E-state index contributed by atoms with van der Waals surface area (Å²) in [5.41, 5.74) is 0.121. The van der Waals surface area contributed by atoms with Crippen LogP contribution in [0.15, 0.2) is 18.2 Å². The van der Waals surface area contributed by atoms with Crippen molar-refractivity contribution < 1.29 is 18.3 Å². The minimum absolute atomic E-state index is 0.0153. The van der Waals surface area contributed by atoms with E-state index in [1.165, 1.54) is 25.1 Å². The van der Waals surface area contributed by atoms with Gasteiger partial charge in [0.15, 0.2) is 5.75 Å². The summed E-state index contributed by atoms with van der Waals surface area (Å²) in [5.74, 6) is -0.624. The molecule has 0 radical (unpaired) electrons. The quantitative estimate of drug-likeness (QED) is 0.875. The second kappa shape index (κ2) is 4.93. The Balaban J connectivity index is 3.02. The normalized spacial score (nSPS) is 10.2. The molecule has 0 fully saturated rings. The summed E-state index contributed by atoms with van der Waals surface area (Å²) < 4.78 is 28.2. The van der Waals surface area contributed by atoms with Crippen molar-refractivity contribution in [2.24, 2.45) is 0 Å². The van der Waals surface area contributed by atoms with Gasteiger partial charge in [0, 0.05) is 6.92 Å². The fraction of sp³-hybridized carbons (Fsp3) is 0.222. The summed E-state index contributed by atoms with van der Waals surface area (Å²) in [5, 5.41) is 2.35. The predicted molar refractivity (Wildman–Crippen MR) is 52.4 cm³/mol. The second-order valence-electron chi connectivity index (χ2n) is 2.68. The molecule has 1 amide bonds. The van der Waals surface area contributed by atoms with E-state index in [9.17, 15) is 13.6 Å². The van der Waals surface area contributed by atoms with Gasteiger partial charge in [-0.1, -0.05) is 17.7 Å². The molecule has 0 saturated carbocycles. The van der Waals surface area contributed by atoms with Crippen molar-refractivity contribution in [2.75, 3.05) is 5.32 Å². The molecule has 15 heavy (non-hydrogen) atoms.